The van der Waals surface area contributed by atoms with Crippen LogP contribution < -0.4 is 5.32 Å². The third-order valence-electron chi connectivity index (χ3n) is 6.57. The molecule has 4 nitrogen and oxygen atoms in total. The average molecular weight is 399 g/mol. The van der Waals surface area contributed by atoms with Gasteiger partial charge in [-0.15, -0.1) is 0 Å². The highest BCUT2D eigenvalue weighted by atomic mass is 16.2. The maximum absolute atomic E-state index is 13.1. The number of hydrogen-bond donors (Lipinski definition) is 1. The van der Waals surface area contributed by atoms with Crippen molar-refractivity contribution in [3.63, 3.8) is 0 Å². The summed E-state index contributed by atoms with van der Waals surface area (Å²) in [5.74, 6) is 1.38. The quantitative estimate of drug-likeness (QED) is 0.647. The molecule has 160 valence electrons. The molecule has 1 aromatic rings. The predicted octanol–water partition coefficient (Wildman–Crippen LogP) is 4.85. The molecule has 3 rings (SSSR count). The van der Waals surface area contributed by atoms with E-state index in [4.69, 9.17) is 0 Å². The van der Waals surface area contributed by atoms with E-state index in [9.17, 15) is 9.59 Å². The van der Waals surface area contributed by atoms with Crippen LogP contribution in [0, 0.1) is 11.8 Å². The van der Waals surface area contributed by atoms with E-state index in [1.807, 2.05) is 0 Å². The number of benzene rings is 1. The average Bonchev–Trinajstić information content (AvgIpc) is 3.14. The van der Waals surface area contributed by atoms with E-state index in [1.165, 1.54) is 36.8 Å². The standard InChI is InChI=1S/C25H38N2O2/c1-19(2)13-15-23(28)25(26-24(29)16-14-20-8-3-4-9-20)27-17-7-12-21-10-5-6-11-22(21)18-27/h5-6,10-11,19-20,25H,3-4,7-9,12-18H2,1-2H3,(H,26,29). The second-order valence-electron chi connectivity index (χ2n) is 9.40. The number of amides is 1. The fourth-order valence-corrected chi connectivity index (χ4v) is 4.75. The Bertz CT molecular complexity index is 679. The van der Waals surface area contributed by atoms with E-state index in [0.29, 0.717) is 24.7 Å². The van der Waals surface area contributed by atoms with E-state index < -0.39 is 6.17 Å². The second-order valence-corrected chi connectivity index (χ2v) is 9.40. The molecule has 0 radical (unpaired) electrons. The van der Waals surface area contributed by atoms with Crippen LogP contribution in [0.3, 0.4) is 0 Å². The first-order valence-electron chi connectivity index (χ1n) is 11.7. The number of carbonyl (C=O) groups is 2. The van der Waals surface area contributed by atoms with E-state index in [2.05, 4.69) is 48.3 Å². The zero-order valence-electron chi connectivity index (χ0n) is 18.3. The van der Waals surface area contributed by atoms with Crippen molar-refractivity contribution in [2.45, 2.75) is 90.8 Å². The first kappa shape index (κ1) is 22.0. The summed E-state index contributed by atoms with van der Waals surface area (Å²) in [5.41, 5.74) is 2.66. The van der Waals surface area contributed by atoms with Crippen LogP contribution in [0.25, 0.3) is 0 Å². The van der Waals surface area contributed by atoms with Crippen LogP contribution in [0.4, 0.5) is 0 Å². The third-order valence-corrected chi connectivity index (χ3v) is 6.57. The van der Waals surface area contributed by atoms with Gasteiger partial charge < -0.3 is 5.32 Å². The van der Waals surface area contributed by atoms with Crippen LogP contribution in [-0.4, -0.2) is 29.3 Å². The lowest BCUT2D eigenvalue weighted by molar-refractivity contribution is -0.132. The Hall–Kier alpha value is -1.68. The highest BCUT2D eigenvalue weighted by Crippen LogP contribution is 2.28. The molecule has 1 atom stereocenters. The molecule has 1 aliphatic heterocycles. The molecule has 1 amide bonds. The number of fused-ring (bicyclic) bond motifs is 1. The SMILES string of the molecule is CC(C)CCC(=O)C(NC(=O)CCC1CCCC1)N1CCCc2ccccc2C1. The first-order chi connectivity index (χ1) is 14.0. The lowest BCUT2D eigenvalue weighted by Gasteiger charge is -2.31. The molecule has 0 bridgehead atoms. The Kier molecular flexibility index (Phi) is 8.29. The summed E-state index contributed by atoms with van der Waals surface area (Å²) in [6, 6.07) is 8.50. The maximum Gasteiger partial charge on any atom is 0.221 e. The Morgan fingerprint density at radius 3 is 2.52 bits per heavy atom. The minimum Gasteiger partial charge on any atom is -0.334 e. The largest absolute Gasteiger partial charge is 0.334 e. The molecule has 0 spiro atoms. The van der Waals surface area contributed by atoms with Gasteiger partial charge in [0.05, 0.1) is 0 Å². The van der Waals surface area contributed by atoms with Crippen molar-refractivity contribution in [3.8, 4) is 0 Å². The van der Waals surface area contributed by atoms with Crippen molar-refractivity contribution in [1.82, 2.24) is 10.2 Å². The molecular formula is C25H38N2O2. The van der Waals surface area contributed by atoms with Gasteiger partial charge in [0.25, 0.3) is 0 Å². The molecule has 1 unspecified atom stereocenters. The Morgan fingerprint density at radius 1 is 1.07 bits per heavy atom. The summed E-state index contributed by atoms with van der Waals surface area (Å²) in [6.07, 6.45) is 9.59. The van der Waals surface area contributed by atoms with Crippen LogP contribution in [0.2, 0.25) is 0 Å². The summed E-state index contributed by atoms with van der Waals surface area (Å²) >= 11 is 0. The number of nitrogens with one attached hydrogen (secondary N) is 1. The number of hydrogen-bond acceptors (Lipinski definition) is 3. The van der Waals surface area contributed by atoms with Gasteiger partial charge in [0, 0.05) is 25.9 Å². The van der Waals surface area contributed by atoms with Gasteiger partial charge in [-0.25, -0.2) is 0 Å². The highest BCUT2D eigenvalue weighted by Gasteiger charge is 2.29. The second kappa shape index (κ2) is 10.9. The van der Waals surface area contributed by atoms with E-state index in [0.717, 1.165) is 38.8 Å². The summed E-state index contributed by atoms with van der Waals surface area (Å²) in [6.45, 7) is 5.86. The molecule has 0 aromatic heterocycles. The number of aryl methyl sites for hydroxylation is 1. The van der Waals surface area contributed by atoms with Gasteiger partial charge in [-0.1, -0.05) is 63.8 Å². The summed E-state index contributed by atoms with van der Waals surface area (Å²) in [5, 5.41) is 3.13. The number of nitrogens with zero attached hydrogens (tertiary/aromatic N) is 1. The van der Waals surface area contributed by atoms with E-state index in [1.54, 1.807) is 0 Å². The smallest absolute Gasteiger partial charge is 0.221 e. The number of carbonyl (C=O) groups excluding carboxylic acids is 2. The van der Waals surface area contributed by atoms with Gasteiger partial charge in [-0.2, -0.15) is 0 Å². The number of Topliss-reactive ketones (excluding diaryl/α,β-unsaturated/α-hetero) is 1. The summed E-state index contributed by atoms with van der Waals surface area (Å²) in [4.78, 5) is 28.0. The fraction of sp³-hybridized carbons (Fsp3) is 0.680. The molecule has 29 heavy (non-hydrogen) atoms. The normalized spacial score (nSPS) is 19.0. The van der Waals surface area contributed by atoms with Crippen molar-refractivity contribution >= 4 is 11.7 Å². The van der Waals surface area contributed by atoms with Gasteiger partial charge in [0.15, 0.2) is 5.78 Å². The summed E-state index contributed by atoms with van der Waals surface area (Å²) in [7, 11) is 0. The molecule has 1 saturated carbocycles. The topological polar surface area (TPSA) is 49.4 Å². The van der Waals surface area contributed by atoms with Crippen molar-refractivity contribution < 1.29 is 9.59 Å². The Labute approximate surface area is 176 Å². The van der Waals surface area contributed by atoms with E-state index >= 15 is 0 Å². The zero-order chi connectivity index (χ0) is 20.6. The fourth-order valence-electron chi connectivity index (χ4n) is 4.75. The molecule has 1 N–H and O–H groups in total. The van der Waals surface area contributed by atoms with Crippen molar-refractivity contribution in [1.29, 1.82) is 0 Å². The number of rotatable bonds is 9. The molecule has 1 aliphatic carbocycles. The molecule has 1 aromatic carbocycles. The van der Waals surface area contributed by atoms with Gasteiger partial charge in [-0.3, -0.25) is 14.5 Å². The Morgan fingerprint density at radius 2 is 1.79 bits per heavy atom. The predicted molar refractivity (Wildman–Crippen MR) is 117 cm³/mol. The first-order valence-corrected chi connectivity index (χ1v) is 11.7. The van der Waals surface area contributed by atoms with Gasteiger partial charge in [0.1, 0.15) is 6.17 Å². The number of ketones is 1. The van der Waals surface area contributed by atoms with Crippen molar-refractivity contribution in [3.05, 3.63) is 35.4 Å². The lowest BCUT2D eigenvalue weighted by Crippen LogP contribution is -2.52. The Balaban J connectivity index is 1.66. The molecular weight excluding hydrogens is 360 g/mol. The van der Waals surface area contributed by atoms with Crippen LogP contribution in [-0.2, 0) is 22.6 Å². The molecule has 2 aliphatic rings. The van der Waals surface area contributed by atoms with Gasteiger partial charge in [-0.05, 0) is 48.6 Å². The van der Waals surface area contributed by atoms with Crippen LogP contribution in [0.15, 0.2) is 24.3 Å². The minimum atomic E-state index is -0.490. The highest BCUT2D eigenvalue weighted by molar-refractivity contribution is 5.88. The zero-order valence-corrected chi connectivity index (χ0v) is 18.3. The lowest BCUT2D eigenvalue weighted by atomic mass is 10.0. The third kappa shape index (κ3) is 6.67. The molecule has 1 heterocycles. The van der Waals surface area contributed by atoms with Crippen LogP contribution in [0.5, 0.6) is 0 Å². The maximum atomic E-state index is 13.1. The van der Waals surface area contributed by atoms with Crippen molar-refractivity contribution in [2.24, 2.45) is 11.8 Å². The van der Waals surface area contributed by atoms with Crippen LogP contribution >= 0.6 is 0 Å². The molecule has 1 fully saturated rings. The molecule has 4 heteroatoms. The minimum absolute atomic E-state index is 0.0392. The van der Waals surface area contributed by atoms with Gasteiger partial charge >= 0.3 is 0 Å². The van der Waals surface area contributed by atoms with Gasteiger partial charge in [0.2, 0.25) is 5.91 Å². The summed E-state index contributed by atoms with van der Waals surface area (Å²) < 4.78 is 0. The van der Waals surface area contributed by atoms with E-state index in [-0.39, 0.29) is 11.7 Å². The monoisotopic (exact) mass is 398 g/mol. The van der Waals surface area contributed by atoms with Crippen LogP contribution in [0.1, 0.15) is 82.8 Å². The van der Waals surface area contributed by atoms with Crippen molar-refractivity contribution in [2.75, 3.05) is 6.54 Å². The molecule has 0 saturated heterocycles.